The molecule has 0 unspecified atom stereocenters. The van der Waals surface area contributed by atoms with E-state index in [1.807, 2.05) is 0 Å². The Labute approximate surface area is 204 Å². The Balaban J connectivity index is 0.00000272. The minimum absolute atomic E-state index is 0. The number of anilines is 1. The second kappa shape index (κ2) is 12.2. The third-order valence-electron chi connectivity index (χ3n) is 4.10. The second-order valence-corrected chi connectivity index (χ2v) is 6.45. The number of aromatic amines is 1. The standard InChI is InChI=1S/C19H16ClF2N5O4.2ClH/c1-30-15-3-4-23-14(17(15)31-2)8-24-19(29)13-7-16(27-26-13)25-18(28)9-5-11(21)12(22)6-10(9)20;;/h3-7H,8H2,1-2H3,(H,24,29)(H2,25,26,27,28);2*1H. The van der Waals surface area contributed by atoms with Crippen LogP contribution < -0.4 is 20.1 Å². The Hall–Kier alpha value is -3.15. The number of H-pyrrole nitrogens is 1. The van der Waals surface area contributed by atoms with E-state index >= 15 is 0 Å². The molecule has 0 fully saturated rings. The maximum atomic E-state index is 13.4. The van der Waals surface area contributed by atoms with Gasteiger partial charge in [-0.25, -0.2) is 8.78 Å². The highest BCUT2D eigenvalue weighted by molar-refractivity contribution is 6.34. The molecule has 33 heavy (non-hydrogen) atoms. The zero-order valence-corrected chi connectivity index (χ0v) is 19.5. The summed E-state index contributed by atoms with van der Waals surface area (Å²) < 4.78 is 37.0. The summed E-state index contributed by atoms with van der Waals surface area (Å²) in [6.07, 6.45) is 1.51. The van der Waals surface area contributed by atoms with Crippen LogP contribution in [0.3, 0.4) is 0 Å². The molecule has 1 aromatic carbocycles. The highest BCUT2D eigenvalue weighted by Crippen LogP contribution is 2.28. The molecule has 0 aliphatic heterocycles. The number of benzene rings is 1. The number of amides is 2. The van der Waals surface area contributed by atoms with Crippen molar-refractivity contribution in [1.29, 1.82) is 0 Å². The van der Waals surface area contributed by atoms with Gasteiger partial charge >= 0.3 is 0 Å². The molecule has 0 atom stereocenters. The van der Waals surface area contributed by atoms with Gasteiger partial charge in [-0.3, -0.25) is 19.7 Å². The highest BCUT2D eigenvalue weighted by Gasteiger charge is 2.18. The molecule has 3 aromatic rings. The fourth-order valence-corrected chi connectivity index (χ4v) is 2.85. The maximum absolute atomic E-state index is 13.4. The molecule has 3 N–H and O–H groups in total. The van der Waals surface area contributed by atoms with Gasteiger partial charge in [0.25, 0.3) is 11.8 Å². The SMILES string of the molecule is COc1ccnc(CNC(=O)c2cc(NC(=O)c3cc(F)c(F)cc3Cl)n[nH]2)c1OC.Cl.Cl. The first kappa shape index (κ1) is 27.9. The van der Waals surface area contributed by atoms with Crippen molar-refractivity contribution in [2.75, 3.05) is 19.5 Å². The summed E-state index contributed by atoms with van der Waals surface area (Å²) in [4.78, 5) is 28.8. The van der Waals surface area contributed by atoms with E-state index in [1.54, 1.807) is 6.07 Å². The predicted molar refractivity (Wildman–Crippen MR) is 121 cm³/mol. The minimum atomic E-state index is -1.22. The number of hydrogen-bond acceptors (Lipinski definition) is 6. The number of hydrogen-bond donors (Lipinski definition) is 3. The lowest BCUT2D eigenvalue weighted by atomic mass is 10.2. The van der Waals surface area contributed by atoms with Crippen LogP contribution >= 0.6 is 36.4 Å². The second-order valence-electron chi connectivity index (χ2n) is 6.04. The van der Waals surface area contributed by atoms with Crippen LogP contribution in [0.5, 0.6) is 11.5 Å². The van der Waals surface area contributed by atoms with Gasteiger partial charge in [0.05, 0.1) is 31.4 Å². The Morgan fingerprint density at radius 2 is 1.79 bits per heavy atom. The Kier molecular flexibility index (Phi) is 10.3. The van der Waals surface area contributed by atoms with Crippen molar-refractivity contribution in [2.45, 2.75) is 6.54 Å². The van der Waals surface area contributed by atoms with Gasteiger partial charge in [-0.2, -0.15) is 5.10 Å². The molecule has 0 saturated heterocycles. The zero-order valence-electron chi connectivity index (χ0n) is 17.1. The van der Waals surface area contributed by atoms with Gasteiger partial charge in [-0.15, -0.1) is 24.8 Å². The summed E-state index contributed by atoms with van der Waals surface area (Å²) in [6, 6.07) is 4.24. The van der Waals surface area contributed by atoms with Gasteiger partial charge in [-0.05, 0) is 12.1 Å². The number of rotatable bonds is 7. The molecule has 0 bridgehead atoms. The summed E-state index contributed by atoms with van der Waals surface area (Å²) in [5, 5.41) is 11.0. The molecule has 0 radical (unpaired) electrons. The lowest BCUT2D eigenvalue weighted by Gasteiger charge is -2.11. The fraction of sp³-hybridized carbons (Fsp3) is 0.158. The first-order valence-electron chi connectivity index (χ1n) is 8.69. The molecule has 9 nitrogen and oxygen atoms in total. The molecular formula is C19H18Cl3F2N5O4. The summed E-state index contributed by atoms with van der Waals surface area (Å²) in [7, 11) is 2.93. The van der Waals surface area contributed by atoms with E-state index < -0.39 is 23.4 Å². The monoisotopic (exact) mass is 523 g/mol. The van der Waals surface area contributed by atoms with E-state index in [1.165, 1.54) is 26.5 Å². The molecule has 0 aliphatic carbocycles. The van der Waals surface area contributed by atoms with E-state index in [-0.39, 0.29) is 53.5 Å². The average Bonchev–Trinajstić information content (AvgIpc) is 3.22. The zero-order chi connectivity index (χ0) is 22.5. The summed E-state index contributed by atoms with van der Waals surface area (Å²) >= 11 is 5.78. The van der Waals surface area contributed by atoms with Gasteiger partial charge in [0, 0.05) is 18.3 Å². The molecule has 2 heterocycles. The molecule has 3 rings (SSSR count). The van der Waals surface area contributed by atoms with Crippen LogP contribution in [-0.2, 0) is 6.54 Å². The number of pyridine rings is 1. The Morgan fingerprint density at radius 3 is 2.45 bits per heavy atom. The van der Waals surface area contributed by atoms with E-state index in [0.717, 1.165) is 0 Å². The molecule has 0 spiro atoms. The molecule has 2 aromatic heterocycles. The van der Waals surface area contributed by atoms with Crippen molar-refractivity contribution in [3.8, 4) is 11.5 Å². The topological polar surface area (TPSA) is 118 Å². The number of halogens is 5. The fourth-order valence-electron chi connectivity index (χ4n) is 2.62. The number of methoxy groups -OCH3 is 2. The smallest absolute Gasteiger partial charge is 0.269 e. The van der Waals surface area contributed by atoms with Crippen molar-refractivity contribution in [3.63, 3.8) is 0 Å². The predicted octanol–water partition coefficient (Wildman–Crippen LogP) is 3.78. The van der Waals surface area contributed by atoms with Crippen LogP contribution in [0.25, 0.3) is 0 Å². The first-order valence-corrected chi connectivity index (χ1v) is 9.07. The minimum Gasteiger partial charge on any atom is -0.493 e. The van der Waals surface area contributed by atoms with Crippen molar-refractivity contribution in [3.05, 3.63) is 64.1 Å². The molecular weight excluding hydrogens is 507 g/mol. The number of nitrogens with zero attached hydrogens (tertiary/aromatic N) is 2. The summed E-state index contributed by atoms with van der Waals surface area (Å²) in [5.41, 5.74) is 0.190. The molecule has 178 valence electrons. The van der Waals surface area contributed by atoms with Crippen molar-refractivity contribution in [1.82, 2.24) is 20.5 Å². The van der Waals surface area contributed by atoms with Crippen LogP contribution in [0.1, 0.15) is 26.5 Å². The summed E-state index contributed by atoms with van der Waals surface area (Å²) in [6.45, 7) is 0.0321. The van der Waals surface area contributed by atoms with Crippen LogP contribution in [-0.4, -0.2) is 41.2 Å². The van der Waals surface area contributed by atoms with Crippen LogP contribution in [0.4, 0.5) is 14.6 Å². The van der Waals surface area contributed by atoms with Crippen molar-refractivity contribution in [2.24, 2.45) is 0 Å². The lowest BCUT2D eigenvalue weighted by Crippen LogP contribution is -2.24. The van der Waals surface area contributed by atoms with E-state index in [4.69, 9.17) is 21.1 Å². The van der Waals surface area contributed by atoms with E-state index in [9.17, 15) is 18.4 Å². The quantitative estimate of drug-likeness (QED) is 0.405. The first-order chi connectivity index (χ1) is 14.8. The Morgan fingerprint density at radius 1 is 1.09 bits per heavy atom. The van der Waals surface area contributed by atoms with Crippen LogP contribution in [0.15, 0.2) is 30.5 Å². The Bertz CT molecular complexity index is 1150. The third kappa shape index (κ3) is 6.44. The summed E-state index contributed by atoms with van der Waals surface area (Å²) in [5.74, 6) is -2.94. The normalized spacial score (nSPS) is 9.85. The third-order valence-corrected chi connectivity index (χ3v) is 4.41. The highest BCUT2D eigenvalue weighted by atomic mass is 35.5. The van der Waals surface area contributed by atoms with Gasteiger partial charge in [0.1, 0.15) is 11.4 Å². The number of nitrogens with one attached hydrogen (secondary N) is 3. The van der Waals surface area contributed by atoms with Crippen LogP contribution in [0, 0.1) is 11.6 Å². The largest absolute Gasteiger partial charge is 0.493 e. The van der Waals surface area contributed by atoms with Gasteiger partial charge < -0.3 is 20.1 Å². The van der Waals surface area contributed by atoms with Crippen molar-refractivity contribution < 1.29 is 27.8 Å². The number of aromatic nitrogens is 3. The van der Waals surface area contributed by atoms with Gasteiger partial charge in [-0.1, -0.05) is 11.6 Å². The molecule has 14 heteroatoms. The molecule has 2 amide bonds. The van der Waals surface area contributed by atoms with E-state index in [0.29, 0.717) is 29.3 Å². The molecule has 0 saturated carbocycles. The maximum Gasteiger partial charge on any atom is 0.269 e. The number of carbonyl (C=O) groups excluding carboxylic acids is 2. The number of ether oxygens (including phenoxy) is 2. The number of carbonyl (C=O) groups is 2. The van der Waals surface area contributed by atoms with Gasteiger partial charge in [0.15, 0.2) is 29.0 Å². The van der Waals surface area contributed by atoms with Gasteiger partial charge in [0.2, 0.25) is 0 Å². The molecule has 0 aliphatic rings. The van der Waals surface area contributed by atoms with Crippen molar-refractivity contribution >= 4 is 54.0 Å². The van der Waals surface area contributed by atoms with Crippen LogP contribution in [0.2, 0.25) is 5.02 Å². The lowest BCUT2D eigenvalue weighted by molar-refractivity contribution is 0.0944. The van der Waals surface area contributed by atoms with E-state index in [2.05, 4.69) is 25.8 Å². The average molecular weight is 525 g/mol.